The van der Waals surface area contributed by atoms with Crippen LogP contribution in [-0.4, -0.2) is 34.3 Å². The van der Waals surface area contributed by atoms with E-state index in [4.69, 9.17) is 14.6 Å². The molecule has 1 aliphatic rings. The molecule has 0 amide bonds. The number of aromatic amines is 1. The number of halogens is 1. The largest absolute Gasteiger partial charge is 0.486 e. The van der Waals surface area contributed by atoms with E-state index >= 15 is 0 Å². The number of aromatic nitrogens is 2. The number of hydrogen-bond acceptors (Lipinski definition) is 4. The molecule has 0 saturated heterocycles. The van der Waals surface area contributed by atoms with Crippen LogP contribution in [0.4, 0.5) is 0 Å². The summed E-state index contributed by atoms with van der Waals surface area (Å²) in [4.78, 5) is 17.6. The number of ether oxygens (including phenoxy) is 2. The van der Waals surface area contributed by atoms with Crippen molar-refractivity contribution in [2.45, 2.75) is 0 Å². The number of nitrogens with zero attached hydrogens (tertiary/aromatic N) is 1. The summed E-state index contributed by atoms with van der Waals surface area (Å²) in [7, 11) is 0. The van der Waals surface area contributed by atoms with Crippen molar-refractivity contribution in [1.82, 2.24) is 9.97 Å². The second kappa shape index (κ2) is 4.58. The summed E-state index contributed by atoms with van der Waals surface area (Å²) in [5.74, 6) is 0.689. The van der Waals surface area contributed by atoms with Crippen LogP contribution in [0.2, 0.25) is 0 Å². The Bertz CT molecular complexity index is 653. The van der Waals surface area contributed by atoms with Crippen LogP contribution in [0.15, 0.2) is 22.8 Å². The van der Waals surface area contributed by atoms with E-state index in [1.54, 1.807) is 12.1 Å². The van der Waals surface area contributed by atoms with Crippen LogP contribution >= 0.6 is 15.9 Å². The molecule has 0 atom stereocenters. The molecule has 2 N–H and O–H groups in total. The molecule has 0 unspecified atom stereocenters. The minimum absolute atomic E-state index is 0.0426. The lowest BCUT2D eigenvalue weighted by Gasteiger charge is -2.20. The maximum Gasteiger partial charge on any atom is 0.353 e. The molecule has 0 spiro atoms. The van der Waals surface area contributed by atoms with Crippen LogP contribution in [0.25, 0.3) is 11.4 Å². The number of carboxylic acids is 1. The predicted octanol–water partition coefficient (Wildman–Crippen LogP) is 2.31. The van der Waals surface area contributed by atoms with Gasteiger partial charge in [-0.05, 0) is 28.1 Å². The summed E-state index contributed by atoms with van der Waals surface area (Å²) in [5, 5.41) is 8.87. The van der Waals surface area contributed by atoms with Gasteiger partial charge in [-0.3, -0.25) is 0 Å². The van der Waals surface area contributed by atoms with Gasteiger partial charge in [0.2, 0.25) is 0 Å². The number of aromatic carboxylic acids is 1. The molecule has 2 aromatic rings. The minimum Gasteiger partial charge on any atom is -0.486 e. The van der Waals surface area contributed by atoms with E-state index in [0.717, 1.165) is 10.0 Å². The summed E-state index contributed by atoms with van der Waals surface area (Å²) in [6.45, 7) is 0.996. The smallest absolute Gasteiger partial charge is 0.353 e. The number of imidazole rings is 1. The Balaban J connectivity index is 2.05. The van der Waals surface area contributed by atoms with Gasteiger partial charge < -0.3 is 19.6 Å². The van der Waals surface area contributed by atoms with Crippen LogP contribution in [-0.2, 0) is 0 Å². The summed E-state index contributed by atoms with van der Waals surface area (Å²) in [6.07, 6.45) is 1.28. The first-order chi connectivity index (χ1) is 9.15. The van der Waals surface area contributed by atoms with Crippen molar-refractivity contribution in [2.75, 3.05) is 13.2 Å². The zero-order valence-electron chi connectivity index (χ0n) is 9.64. The molecule has 0 saturated carbocycles. The van der Waals surface area contributed by atoms with Gasteiger partial charge >= 0.3 is 5.97 Å². The first kappa shape index (κ1) is 12.0. The molecule has 0 fully saturated rings. The fourth-order valence-electron chi connectivity index (χ4n) is 1.82. The molecule has 0 bridgehead atoms. The van der Waals surface area contributed by atoms with Gasteiger partial charge in [0.1, 0.15) is 24.7 Å². The van der Waals surface area contributed by atoms with Crippen LogP contribution in [0.3, 0.4) is 0 Å². The van der Waals surface area contributed by atoms with Crippen molar-refractivity contribution in [3.05, 3.63) is 28.5 Å². The highest BCUT2D eigenvalue weighted by molar-refractivity contribution is 9.10. The van der Waals surface area contributed by atoms with Gasteiger partial charge in [-0.1, -0.05) is 0 Å². The first-order valence-electron chi connectivity index (χ1n) is 5.53. The monoisotopic (exact) mass is 324 g/mol. The standard InChI is InChI=1S/C12H9BrN2O4/c13-7-3-6(4-9-10(7)19-2-1-18-9)11-14-5-8(15-11)12(16)17/h3-5H,1-2H2,(H,14,15)(H,16,17). The highest BCUT2D eigenvalue weighted by Gasteiger charge is 2.18. The van der Waals surface area contributed by atoms with E-state index in [1.807, 2.05) is 0 Å². The summed E-state index contributed by atoms with van der Waals surface area (Å²) < 4.78 is 11.7. The second-order valence-corrected chi connectivity index (χ2v) is 4.79. The van der Waals surface area contributed by atoms with Gasteiger partial charge in [0, 0.05) is 5.56 Å². The van der Waals surface area contributed by atoms with Crippen molar-refractivity contribution in [2.24, 2.45) is 0 Å². The van der Waals surface area contributed by atoms with Gasteiger partial charge in [0.15, 0.2) is 11.5 Å². The van der Waals surface area contributed by atoms with Crippen molar-refractivity contribution < 1.29 is 19.4 Å². The molecule has 1 aromatic heterocycles. The second-order valence-electron chi connectivity index (χ2n) is 3.93. The lowest BCUT2D eigenvalue weighted by molar-refractivity contribution is 0.0691. The minimum atomic E-state index is -1.05. The van der Waals surface area contributed by atoms with Crippen LogP contribution < -0.4 is 9.47 Å². The van der Waals surface area contributed by atoms with E-state index in [1.165, 1.54) is 6.20 Å². The van der Waals surface area contributed by atoms with E-state index in [2.05, 4.69) is 25.9 Å². The number of H-pyrrole nitrogens is 1. The predicted molar refractivity (Wildman–Crippen MR) is 69.7 cm³/mol. The zero-order valence-corrected chi connectivity index (χ0v) is 11.2. The molecule has 6 nitrogen and oxygen atoms in total. The van der Waals surface area contributed by atoms with Crippen molar-refractivity contribution >= 4 is 21.9 Å². The third-order valence-electron chi connectivity index (χ3n) is 2.68. The molecule has 19 heavy (non-hydrogen) atoms. The Morgan fingerprint density at radius 1 is 1.37 bits per heavy atom. The maximum atomic E-state index is 10.8. The Labute approximate surface area is 116 Å². The lowest BCUT2D eigenvalue weighted by atomic mass is 10.2. The maximum absolute atomic E-state index is 10.8. The Morgan fingerprint density at radius 3 is 2.89 bits per heavy atom. The Kier molecular flexibility index (Phi) is 2.90. The fourth-order valence-corrected chi connectivity index (χ4v) is 2.38. The number of carbonyl (C=O) groups is 1. The molecule has 2 heterocycles. The fraction of sp³-hybridized carbons (Fsp3) is 0.167. The normalized spacial score (nSPS) is 13.3. The van der Waals surface area contributed by atoms with E-state index in [-0.39, 0.29) is 5.69 Å². The summed E-state index contributed by atoms with van der Waals surface area (Å²) in [5.41, 5.74) is 0.768. The number of nitrogens with one attached hydrogen (secondary N) is 1. The number of benzene rings is 1. The van der Waals surface area contributed by atoms with E-state index in [9.17, 15) is 4.79 Å². The van der Waals surface area contributed by atoms with Gasteiger partial charge in [-0.15, -0.1) is 0 Å². The van der Waals surface area contributed by atoms with Gasteiger partial charge in [0.05, 0.1) is 10.7 Å². The molecule has 0 radical (unpaired) electrons. The SMILES string of the molecule is O=C(O)c1cnc(-c2cc(Br)c3c(c2)OCCO3)[nH]1. The molecule has 3 rings (SSSR count). The molecular weight excluding hydrogens is 316 g/mol. The number of carboxylic acid groups (broad SMARTS) is 1. The van der Waals surface area contributed by atoms with Crippen molar-refractivity contribution in [3.63, 3.8) is 0 Å². The van der Waals surface area contributed by atoms with Crippen molar-refractivity contribution in [1.29, 1.82) is 0 Å². The molecular formula is C12H9BrN2O4. The van der Waals surface area contributed by atoms with E-state index < -0.39 is 5.97 Å². The molecule has 0 aliphatic carbocycles. The lowest BCUT2D eigenvalue weighted by Crippen LogP contribution is -2.15. The van der Waals surface area contributed by atoms with Gasteiger partial charge in [0.25, 0.3) is 0 Å². The van der Waals surface area contributed by atoms with Crippen LogP contribution in [0.5, 0.6) is 11.5 Å². The zero-order chi connectivity index (χ0) is 13.4. The molecule has 98 valence electrons. The molecule has 7 heteroatoms. The number of fused-ring (bicyclic) bond motifs is 1. The van der Waals surface area contributed by atoms with E-state index in [0.29, 0.717) is 30.5 Å². The van der Waals surface area contributed by atoms with Gasteiger partial charge in [-0.2, -0.15) is 0 Å². The topological polar surface area (TPSA) is 84.4 Å². The summed E-state index contributed by atoms with van der Waals surface area (Å²) >= 11 is 3.40. The Hall–Kier alpha value is -2.02. The number of hydrogen-bond donors (Lipinski definition) is 2. The summed E-state index contributed by atoms with van der Waals surface area (Å²) in [6, 6.07) is 3.57. The highest BCUT2D eigenvalue weighted by Crippen LogP contribution is 2.40. The third kappa shape index (κ3) is 2.17. The van der Waals surface area contributed by atoms with Gasteiger partial charge in [-0.25, -0.2) is 9.78 Å². The average Bonchev–Trinajstić information content (AvgIpc) is 2.88. The molecule has 1 aromatic carbocycles. The highest BCUT2D eigenvalue weighted by atomic mass is 79.9. The van der Waals surface area contributed by atoms with Crippen LogP contribution in [0.1, 0.15) is 10.5 Å². The average molecular weight is 325 g/mol. The number of rotatable bonds is 2. The van der Waals surface area contributed by atoms with Crippen LogP contribution in [0, 0.1) is 0 Å². The first-order valence-corrected chi connectivity index (χ1v) is 6.32. The molecule has 1 aliphatic heterocycles. The third-order valence-corrected chi connectivity index (χ3v) is 3.27. The quantitative estimate of drug-likeness (QED) is 0.885. The van der Waals surface area contributed by atoms with Crippen molar-refractivity contribution in [3.8, 4) is 22.9 Å². The Morgan fingerprint density at radius 2 is 2.16 bits per heavy atom.